The van der Waals surface area contributed by atoms with E-state index in [1.165, 1.54) is 12.1 Å². The fourth-order valence-corrected chi connectivity index (χ4v) is 1.96. The van der Waals surface area contributed by atoms with Crippen LogP contribution in [0.1, 0.15) is 24.0 Å². The van der Waals surface area contributed by atoms with E-state index < -0.39 is 12.4 Å². The number of fused-ring (bicyclic) bond motifs is 1. The van der Waals surface area contributed by atoms with Gasteiger partial charge in [-0.1, -0.05) is 18.2 Å². The molecule has 0 aromatic heterocycles. The molecule has 0 saturated carbocycles. The van der Waals surface area contributed by atoms with Gasteiger partial charge in [0, 0.05) is 0 Å². The first-order chi connectivity index (χ1) is 6.57. The van der Waals surface area contributed by atoms with Crippen LogP contribution in [0.5, 0.6) is 0 Å². The van der Waals surface area contributed by atoms with Gasteiger partial charge >= 0.3 is 58.4 Å². The number of aryl methyl sites for hydroxylation is 2. The third kappa shape index (κ3) is 3.33. The van der Waals surface area contributed by atoms with Crippen molar-refractivity contribution in [2.45, 2.75) is 25.7 Å². The van der Waals surface area contributed by atoms with Crippen molar-refractivity contribution in [3.63, 3.8) is 0 Å². The smallest absolute Gasteiger partial charge is 0.445 e. The molecule has 5 heteroatoms. The predicted molar refractivity (Wildman–Crippen MR) is 51.8 cm³/mol. The predicted octanol–water partition coefficient (Wildman–Crippen LogP) is -0.376. The molecule has 0 spiro atoms. The van der Waals surface area contributed by atoms with Crippen LogP contribution in [0.3, 0.4) is 0 Å². The van der Waals surface area contributed by atoms with Gasteiger partial charge in [0.15, 0.2) is 0 Å². The van der Waals surface area contributed by atoms with Gasteiger partial charge in [0.2, 0.25) is 0 Å². The molecule has 0 nitrogen and oxygen atoms in total. The largest absolute Gasteiger partial charge is 1.00 e. The first kappa shape index (κ1) is 13.8. The summed E-state index contributed by atoms with van der Waals surface area (Å²) >= 11 is 0. The van der Waals surface area contributed by atoms with Crippen molar-refractivity contribution in [2.75, 3.05) is 0 Å². The van der Waals surface area contributed by atoms with E-state index in [0.29, 0.717) is 0 Å². The van der Waals surface area contributed by atoms with Crippen LogP contribution in [0.15, 0.2) is 18.2 Å². The van der Waals surface area contributed by atoms with Gasteiger partial charge in [-0.15, -0.1) is 5.46 Å². The zero-order valence-corrected chi connectivity index (χ0v) is 11.9. The van der Waals surface area contributed by atoms with E-state index in [4.69, 9.17) is 0 Å². The molecule has 0 bridgehead atoms. The third-order valence-electron chi connectivity index (χ3n) is 2.75. The van der Waals surface area contributed by atoms with E-state index in [1.54, 1.807) is 6.07 Å². The summed E-state index contributed by atoms with van der Waals surface area (Å²) < 4.78 is 37.3. The SMILES string of the molecule is F[B-](F)(F)c1ccc2c(c1)CCCC2.[K+]. The Balaban J connectivity index is 0.00000112. The quantitative estimate of drug-likeness (QED) is 0.585. The second-order valence-electron chi connectivity index (χ2n) is 3.81. The van der Waals surface area contributed by atoms with E-state index in [0.717, 1.165) is 36.8 Å². The molecular weight excluding hydrogens is 227 g/mol. The minimum Gasteiger partial charge on any atom is -0.445 e. The number of halogens is 3. The van der Waals surface area contributed by atoms with Gasteiger partial charge < -0.3 is 12.9 Å². The minimum absolute atomic E-state index is 0. The Labute approximate surface area is 130 Å². The zero-order valence-electron chi connectivity index (χ0n) is 8.77. The Morgan fingerprint density at radius 1 is 0.933 bits per heavy atom. The molecular formula is C10H11BF3K. The molecule has 0 aliphatic heterocycles. The van der Waals surface area contributed by atoms with Crippen LogP contribution in [-0.4, -0.2) is 6.98 Å². The summed E-state index contributed by atoms with van der Waals surface area (Å²) in [5, 5.41) is 0. The van der Waals surface area contributed by atoms with Crippen LogP contribution in [0.25, 0.3) is 0 Å². The van der Waals surface area contributed by atoms with Crippen LogP contribution in [0, 0.1) is 0 Å². The number of hydrogen-bond acceptors (Lipinski definition) is 0. The molecule has 0 heterocycles. The second kappa shape index (κ2) is 5.36. The summed E-state index contributed by atoms with van der Waals surface area (Å²) in [5.41, 5.74) is 1.54. The summed E-state index contributed by atoms with van der Waals surface area (Å²) in [6, 6.07) is 4.18. The molecule has 1 aliphatic carbocycles. The fourth-order valence-electron chi connectivity index (χ4n) is 1.96. The van der Waals surface area contributed by atoms with E-state index in [1.807, 2.05) is 0 Å². The second-order valence-corrected chi connectivity index (χ2v) is 3.81. The van der Waals surface area contributed by atoms with Gasteiger partial charge in [0.25, 0.3) is 0 Å². The normalized spacial score (nSPS) is 15.4. The molecule has 0 N–H and O–H groups in total. The molecule has 0 unspecified atom stereocenters. The third-order valence-corrected chi connectivity index (χ3v) is 2.75. The number of benzene rings is 1. The first-order valence-corrected chi connectivity index (χ1v) is 4.89. The molecule has 0 saturated heterocycles. The van der Waals surface area contributed by atoms with E-state index in [-0.39, 0.29) is 51.4 Å². The molecule has 0 amide bonds. The van der Waals surface area contributed by atoms with E-state index in [2.05, 4.69) is 0 Å². The average molecular weight is 238 g/mol. The minimum atomic E-state index is -4.83. The maximum absolute atomic E-state index is 12.4. The monoisotopic (exact) mass is 238 g/mol. The van der Waals surface area contributed by atoms with Gasteiger partial charge in [-0.25, -0.2) is 0 Å². The van der Waals surface area contributed by atoms with Gasteiger partial charge in [-0.05, 0) is 36.8 Å². The molecule has 2 rings (SSSR count). The standard InChI is InChI=1S/C10H11BF3.K/c12-11(13,14)10-6-5-8-3-1-2-4-9(8)7-10;/h5-7H,1-4H2;/q-1;+1. The van der Waals surface area contributed by atoms with Crippen molar-refractivity contribution >= 4 is 12.4 Å². The van der Waals surface area contributed by atoms with Crippen molar-refractivity contribution in [3.05, 3.63) is 29.3 Å². The Morgan fingerprint density at radius 2 is 1.53 bits per heavy atom. The summed E-state index contributed by atoms with van der Waals surface area (Å²) in [7, 11) is 0. The molecule has 1 aromatic carbocycles. The Bertz CT molecular complexity index is 349. The molecule has 0 radical (unpaired) electrons. The maximum atomic E-state index is 12.4. The average Bonchev–Trinajstić information content (AvgIpc) is 2.16. The van der Waals surface area contributed by atoms with Crippen LogP contribution >= 0.6 is 0 Å². The fraction of sp³-hybridized carbons (Fsp3) is 0.400. The summed E-state index contributed by atoms with van der Waals surface area (Å²) in [5.74, 6) is 0. The summed E-state index contributed by atoms with van der Waals surface area (Å²) in [6.45, 7) is -4.83. The van der Waals surface area contributed by atoms with Crippen molar-refractivity contribution in [3.8, 4) is 0 Å². The molecule has 76 valence electrons. The molecule has 15 heavy (non-hydrogen) atoms. The Morgan fingerprint density at radius 3 is 2.13 bits per heavy atom. The first-order valence-electron chi connectivity index (χ1n) is 4.89. The van der Waals surface area contributed by atoms with Gasteiger partial charge in [-0.3, -0.25) is 0 Å². The number of hydrogen-bond donors (Lipinski definition) is 0. The van der Waals surface area contributed by atoms with Crippen LogP contribution in [0.2, 0.25) is 0 Å². The molecule has 0 fully saturated rings. The topological polar surface area (TPSA) is 0 Å². The van der Waals surface area contributed by atoms with Crippen LogP contribution < -0.4 is 56.8 Å². The maximum Gasteiger partial charge on any atom is 1.00 e. The van der Waals surface area contributed by atoms with Gasteiger partial charge in [0.05, 0.1) is 0 Å². The van der Waals surface area contributed by atoms with E-state index in [9.17, 15) is 12.9 Å². The van der Waals surface area contributed by atoms with Crippen LogP contribution in [0.4, 0.5) is 12.9 Å². The summed E-state index contributed by atoms with van der Waals surface area (Å²) in [4.78, 5) is 0. The Kier molecular flexibility index (Phi) is 4.92. The van der Waals surface area contributed by atoms with E-state index >= 15 is 0 Å². The van der Waals surface area contributed by atoms with Crippen molar-refractivity contribution < 1.29 is 64.3 Å². The Hall–Kier alpha value is 0.711. The molecule has 1 aliphatic rings. The van der Waals surface area contributed by atoms with Crippen molar-refractivity contribution in [1.29, 1.82) is 0 Å². The van der Waals surface area contributed by atoms with Crippen molar-refractivity contribution in [1.82, 2.24) is 0 Å². The van der Waals surface area contributed by atoms with Crippen LogP contribution in [-0.2, 0) is 12.8 Å². The van der Waals surface area contributed by atoms with Gasteiger partial charge in [0.1, 0.15) is 0 Å². The molecule has 0 atom stereocenters. The number of rotatable bonds is 1. The zero-order chi connectivity index (χ0) is 10.2. The summed E-state index contributed by atoms with van der Waals surface area (Å²) in [6.07, 6.45) is 3.85. The van der Waals surface area contributed by atoms with Crippen molar-refractivity contribution in [2.24, 2.45) is 0 Å². The van der Waals surface area contributed by atoms with Gasteiger partial charge in [-0.2, -0.15) is 0 Å². The molecule has 1 aromatic rings.